The number of hydrogen-bond acceptors (Lipinski definition) is 6. The fourth-order valence-electron chi connectivity index (χ4n) is 2.00. The van der Waals surface area contributed by atoms with Crippen molar-refractivity contribution >= 4 is 23.4 Å². The SMILES string of the molecule is CC[C@@H](C)Nc1nc(Nc2ccc(C(=O)OC)cc2)cc(C(F)(F)F)n1. The summed E-state index contributed by atoms with van der Waals surface area (Å²) in [5.41, 5.74) is -0.248. The van der Waals surface area contributed by atoms with E-state index in [1.165, 1.54) is 19.2 Å². The molecule has 0 spiro atoms. The van der Waals surface area contributed by atoms with Gasteiger partial charge in [0.2, 0.25) is 5.95 Å². The quantitative estimate of drug-likeness (QED) is 0.743. The van der Waals surface area contributed by atoms with E-state index in [4.69, 9.17) is 0 Å². The van der Waals surface area contributed by atoms with Gasteiger partial charge < -0.3 is 15.4 Å². The minimum Gasteiger partial charge on any atom is -0.465 e. The van der Waals surface area contributed by atoms with Gasteiger partial charge in [-0.2, -0.15) is 18.2 Å². The lowest BCUT2D eigenvalue weighted by Crippen LogP contribution is -2.18. The molecule has 1 atom stereocenters. The third-order valence-electron chi connectivity index (χ3n) is 3.58. The number of hydrogen-bond donors (Lipinski definition) is 2. The molecule has 2 aromatic rings. The minimum atomic E-state index is -4.60. The second-order valence-corrected chi connectivity index (χ2v) is 5.61. The maximum Gasteiger partial charge on any atom is 0.433 e. The molecule has 1 aromatic heterocycles. The summed E-state index contributed by atoms with van der Waals surface area (Å²) in [6.07, 6.45) is -3.89. The van der Waals surface area contributed by atoms with Crippen LogP contribution in [-0.4, -0.2) is 29.1 Å². The van der Waals surface area contributed by atoms with Crippen LogP contribution in [-0.2, 0) is 10.9 Å². The van der Waals surface area contributed by atoms with E-state index in [1.54, 1.807) is 12.1 Å². The summed E-state index contributed by atoms with van der Waals surface area (Å²) < 4.78 is 43.9. The van der Waals surface area contributed by atoms with Gasteiger partial charge in [-0.05, 0) is 37.6 Å². The fourth-order valence-corrected chi connectivity index (χ4v) is 2.00. The first kappa shape index (κ1) is 19.5. The van der Waals surface area contributed by atoms with E-state index in [0.717, 1.165) is 6.07 Å². The Morgan fingerprint density at radius 2 is 1.88 bits per heavy atom. The van der Waals surface area contributed by atoms with E-state index < -0.39 is 17.8 Å². The third-order valence-corrected chi connectivity index (χ3v) is 3.58. The Hall–Kier alpha value is -2.84. The van der Waals surface area contributed by atoms with E-state index in [0.29, 0.717) is 17.7 Å². The Bertz CT molecular complexity index is 764. The Morgan fingerprint density at radius 1 is 1.23 bits per heavy atom. The highest BCUT2D eigenvalue weighted by atomic mass is 19.4. The lowest BCUT2D eigenvalue weighted by atomic mass is 10.2. The van der Waals surface area contributed by atoms with Gasteiger partial charge in [-0.1, -0.05) is 6.92 Å². The van der Waals surface area contributed by atoms with Gasteiger partial charge in [0, 0.05) is 17.8 Å². The normalized spacial score (nSPS) is 12.4. The van der Waals surface area contributed by atoms with Crippen LogP contribution in [0.1, 0.15) is 36.3 Å². The Morgan fingerprint density at radius 3 is 2.42 bits per heavy atom. The van der Waals surface area contributed by atoms with Crippen LogP contribution in [0.3, 0.4) is 0 Å². The molecule has 0 aliphatic rings. The number of benzene rings is 1. The van der Waals surface area contributed by atoms with Crippen LogP contribution in [0.2, 0.25) is 0 Å². The molecule has 26 heavy (non-hydrogen) atoms. The number of esters is 1. The predicted octanol–water partition coefficient (Wildman–Crippen LogP) is 4.24. The van der Waals surface area contributed by atoms with Crippen LogP contribution in [0.4, 0.5) is 30.6 Å². The van der Waals surface area contributed by atoms with Gasteiger partial charge in [0.1, 0.15) is 5.82 Å². The summed E-state index contributed by atoms with van der Waals surface area (Å²) >= 11 is 0. The number of methoxy groups -OCH3 is 1. The lowest BCUT2D eigenvalue weighted by Gasteiger charge is -2.15. The van der Waals surface area contributed by atoms with Crippen molar-refractivity contribution in [1.82, 2.24) is 9.97 Å². The Kier molecular flexibility index (Phi) is 6.01. The number of aromatic nitrogens is 2. The largest absolute Gasteiger partial charge is 0.465 e. The van der Waals surface area contributed by atoms with Gasteiger partial charge in [0.05, 0.1) is 12.7 Å². The summed E-state index contributed by atoms with van der Waals surface area (Å²) in [6, 6.07) is 6.84. The first-order chi connectivity index (χ1) is 12.2. The predicted molar refractivity (Wildman–Crippen MR) is 91.5 cm³/mol. The molecule has 0 amide bonds. The van der Waals surface area contributed by atoms with Gasteiger partial charge in [0.15, 0.2) is 5.69 Å². The maximum atomic E-state index is 13.1. The number of carbonyl (C=O) groups excluding carboxylic acids is 1. The summed E-state index contributed by atoms with van der Waals surface area (Å²) in [7, 11) is 1.26. The van der Waals surface area contributed by atoms with Crippen LogP contribution in [0.5, 0.6) is 0 Å². The summed E-state index contributed by atoms with van der Waals surface area (Å²) in [6.45, 7) is 3.72. The summed E-state index contributed by atoms with van der Waals surface area (Å²) in [5, 5.41) is 5.63. The molecule has 2 N–H and O–H groups in total. The van der Waals surface area contributed by atoms with Crippen LogP contribution < -0.4 is 10.6 Å². The molecule has 0 saturated heterocycles. The Balaban J connectivity index is 2.29. The number of halogens is 3. The standard InChI is InChI=1S/C17H19F3N4O2/c1-4-10(2)21-16-23-13(17(18,19)20)9-14(24-16)22-12-7-5-11(6-8-12)15(25)26-3/h5-10H,4H2,1-3H3,(H2,21,22,23,24)/t10-/m1/s1. The second-order valence-electron chi connectivity index (χ2n) is 5.61. The molecular weight excluding hydrogens is 349 g/mol. The number of rotatable bonds is 6. The van der Waals surface area contributed by atoms with Crippen LogP contribution >= 0.6 is 0 Å². The molecule has 1 aromatic carbocycles. The number of nitrogens with zero attached hydrogens (tertiary/aromatic N) is 2. The smallest absolute Gasteiger partial charge is 0.433 e. The van der Waals surface area contributed by atoms with Crippen molar-refractivity contribution in [3.63, 3.8) is 0 Å². The highest BCUT2D eigenvalue weighted by Crippen LogP contribution is 2.30. The second kappa shape index (κ2) is 8.03. The Labute approximate surface area is 148 Å². The maximum absolute atomic E-state index is 13.1. The van der Waals surface area contributed by atoms with Crippen LogP contribution in [0.25, 0.3) is 0 Å². The number of alkyl halides is 3. The molecular formula is C17H19F3N4O2. The molecule has 0 bridgehead atoms. The van der Waals surface area contributed by atoms with Crippen molar-refractivity contribution in [2.24, 2.45) is 0 Å². The average molecular weight is 368 g/mol. The van der Waals surface area contributed by atoms with E-state index in [9.17, 15) is 18.0 Å². The molecule has 6 nitrogen and oxygen atoms in total. The van der Waals surface area contributed by atoms with Gasteiger partial charge in [-0.3, -0.25) is 0 Å². The van der Waals surface area contributed by atoms with Crippen molar-refractivity contribution in [1.29, 1.82) is 0 Å². The van der Waals surface area contributed by atoms with E-state index in [1.807, 2.05) is 13.8 Å². The van der Waals surface area contributed by atoms with Crippen LogP contribution in [0.15, 0.2) is 30.3 Å². The van der Waals surface area contributed by atoms with Gasteiger partial charge >= 0.3 is 12.1 Å². The van der Waals surface area contributed by atoms with E-state index >= 15 is 0 Å². The molecule has 0 aliphatic heterocycles. The molecule has 0 aliphatic carbocycles. The molecule has 140 valence electrons. The van der Waals surface area contributed by atoms with Crippen LogP contribution in [0, 0.1) is 0 Å². The summed E-state index contributed by atoms with van der Waals surface area (Å²) in [4.78, 5) is 19.0. The zero-order valence-electron chi connectivity index (χ0n) is 14.5. The van der Waals surface area contributed by atoms with E-state index in [-0.39, 0.29) is 17.8 Å². The van der Waals surface area contributed by atoms with Crippen molar-refractivity contribution in [3.05, 3.63) is 41.6 Å². The molecule has 1 heterocycles. The van der Waals surface area contributed by atoms with Crippen molar-refractivity contribution in [2.75, 3.05) is 17.7 Å². The number of nitrogens with one attached hydrogen (secondary N) is 2. The molecule has 9 heteroatoms. The average Bonchev–Trinajstić information content (AvgIpc) is 2.60. The first-order valence-electron chi connectivity index (χ1n) is 7.91. The fraction of sp³-hybridized carbons (Fsp3) is 0.353. The number of carbonyl (C=O) groups is 1. The minimum absolute atomic E-state index is 0.0102. The third kappa shape index (κ3) is 5.08. The van der Waals surface area contributed by atoms with Gasteiger partial charge in [-0.25, -0.2) is 9.78 Å². The van der Waals surface area contributed by atoms with Crippen molar-refractivity contribution < 1.29 is 22.7 Å². The molecule has 0 unspecified atom stereocenters. The zero-order chi connectivity index (χ0) is 19.3. The van der Waals surface area contributed by atoms with Gasteiger partial charge in [0.25, 0.3) is 0 Å². The summed E-state index contributed by atoms with van der Waals surface area (Å²) in [5.74, 6) is -0.621. The molecule has 2 rings (SSSR count). The lowest BCUT2D eigenvalue weighted by molar-refractivity contribution is -0.141. The topological polar surface area (TPSA) is 76.1 Å². The molecule has 0 saturated carbocycles. The molecule has 0 radical (unpaired) electrons. The highest BCUT2D eigenvalue weighted by molar-refractivity contribution is 5.89. The van der Waals surface area contributed by atoms with E-state index in [2.05, 4.69) is 25.3 Å². The molecule has 0 fully saturated rings. The zero-order valence-corrected chi connectivity index (χ0v) is 14.5. The van der Waals surface area contributed by atoms with Crippen molar-refractivity contribution in [2.45, 2.75) is 32.5 Å². The monoisotopic (exact) mass is 368 g/mol. The first-order valence-corrected chi connectivity index (χ1v) is 7.91. The van der Waals surface area contributed by atoms with Gasteiger partial charge in [-0.15, -0.1) is 0 Å². The van der Waals surface area contributed by atoms with Crippen molar-refractivity contribution in [3.8, 4) is 0 Å². The highest BCUT2D eigenvalue weighted by Gasteiger charge is 2.33. The number of ether oxygens (including phenoxy) is 1. The number of anilines is 3.